The number of rotatable bonds is 3. The van der Waals surface area contributed by atoms with Gasteiger partial charge in [0, 0.05) is 18.1 Å². The Labute approximate surface area is 94.1 Å². The second-order valence-electron chi connectivity index (χ2n) is 2.62. The van der Waals surface area contributed by atoms with Gasteiger partial charge in [-0.25, -0.2) is 4.98 Å². The lowest BCUT2D eigenvalue weighted by Crippen LogP contribution is -2.28. The highest BCUT2D eigenvalue weighted by Crippen LogP contribution is 2.25. The minimum absolute atomic E-state index is 0.110. The van der Waals surface area contributed by atoms with Crippen LogP contribution in [-0.4, -0.2) is 18.9 Å². The molecule has 1 rings (SSSR count). The molecule has 0 aliphatic rings. The van der Waals surface area contributed by atoms with Crippen LogP contribution in [0.2, 0.25) is 0 Å². The molecule has 0 amide bonds. The summed E-state index contributed by atoms with van der Waals surface area (Å²) in [5.41, 5.74) is -4.95. The van der Waals surface area contributed by atoms with E-state index < -0.39 is 21.5 Å². The molecule has 0 saturated heterocycles. The van der Waals surface area contributed by atoms with E-state index in [1.165, 1.54) is 6.07 Å². The molecule has 1 aromatic rings. The molecule has 9 heteroatoms. The zero-order chi connectivity index (χ0) is 12.4. The average molecular weight is 276 g/mol. The quantitative estimate of drug-likeness (QED) is 0.481. The number of halogens is 4. The van der Waals surface area contributed by atoms with Crippen LogP contribution in [0.1, 0.15) is 5.56 Å². The first-order chi connectivity index (χ1) is 7.26. The normalized spacial score (nSPS) is 12.5. The van der Waals surface area contributed by atoms with Gasteiger partial charge in [-0.2, -0.15) is 21.6 Å². The second kappa shape index (κ2) is 4.46. The van der Waals surface area contributed by atoms with Crippen LogP contribution < -0.4 is 4.18 Å². The maximum atomic E-state index is 11.9. The Balaban J connectivity index is 2.89. The summed E-state index contributed by atoms with van der Waals surface area (Å²) in [4.78, 5) is 3.36. The number of alkyl halides is 4. The van der Waals surface area contributed by atoms with Crippen LogP contribution in [0.3, 0.4) is 0 Å². The zero-order valence-corrected chi connectivity index (χ0v) is 9.10. The Hall–Kier alpha value is -1.02. The van der Waals surface area contributed by atoms with Crippen molar-refractivity contribution in [2.24, 2.45) is 0 Å². The molecule has 0 fully saturated rings. The van der Waals surface area contributed by atoms with Crippen molar-refractivity contribution in [1.82, 2.24) is 4.98 Å². The Morgan fingerprint density at radius 3 is 2.38 bits per heavy atom. The summed E-state index contributed by atoms with van der Waals surface area (Å²) >= 11 is 5.41. The first-order valence-electron chi connectivity index (χ1n) is 3.78. The topological polar surface area (TPSA) is 56.3 Å². The molecular formula is C7H5ClF3NO3S. The molecule has 90 valence electrons. The van der Waals surface area contributed by atoms with Crippen LogP contribution in [0.25, 0.3) is 0 Å². The maximum Gasteiger partial charge on any atom is 0.534 e. The fraction of sp³-hybridized carbons (Fsp3) is 0.286. The van der Waals surface area contributed by atoms with E-state index in [4.69, 9.17) is 11.6 Å². The van der Waals surface area contributed by atoms with Gasteiger partial charge in [-0.05, 0) is 5.56 Å². The Bertz CT molecular complexity index is 457. The maximum absolute atomic E-state index is 11.9. The summed E-state index contributed by atoms with van der Waals surface area (Å²) in [5.74, 6) is -0.551. The van der Waals surface area contributed by atoms with Gasteiger partial charge in [0.25, 0.3) is 0 Å². The van der Waals surface area contributed by atoms with Gasteiger partial charge in [-0.1, -0.05) is 6.07 Å². The van der Waals surface area contributed by atoms with Crippen LogP contribution in [0.4, 0.5) is 13.2 Å². The first-order valence-corrected chi connectivity index (χ1v) is 5.72. The highest BCUT2D eigenvalue weighted by Gasteiger charge is 2.48. The molecule has 0 spiro atoms. The Kier molecular flexibility index (Phi) is 3.64. The molecule has 0 saturated carbocycles. The molecule has 1 heterocycles. The van der Waals surface area contributed by atoms with Gasteiger partial charge >= 0.3 is 15.6 Å². The van der Waals surface area contributed by atoms with Crippen molar-refractivity contribution in [2.45, 2.75) is 11.4 Å². The van der Waals surface area contributed by atoms with E-state index in [0.29, 0.717) is 5.56 Å². The van der Waals surface area contributed by atoms with Gasteiger partial charge in [0.15, 0.2) is 0 Å². The molecule has 0 aromatic carbocycles. The molecule has 0 N–H and O–H groups in total. The van der Waals surface area contributed by atoms with Gasteiger partial charge in [0.2, 0.25) is 5.88 Å². The monoisotopic (exact) mass is 275 g/mol. The summed E-state index contributed by atoms with van der Waals surface area (Å²) in [6, 6.07) is 2.29. The van der Waals surface area contributed by atoms with Crippen LogP contribution in [-0.2, 0) is 16.0 Å². The summed E-state index contributed by atoms with van der Waals surface area (Å²) in [5, 5.41) is 0. The van der Waals surface area contributed by atoms with Crippen molar-refractivity contribution in [3.05, 3.63) is 23.9 Å². The van der Waals surface area contributed by atoms with Crippen molar-refractivity contribution in [3.8, 4) is 5.88 Å². The summed E-state index contributed by atoms with van der Waals surface area (Å²) in [6.45, 7) is 0. The molecule has 16 heavy (non-hydrogen) atoms. The lowest BCUT2D eigenvalue weighted by molar-refractivity contribution is -0.0501. The van der Waals surface area contributed by atoms with Crippen molar-refractivity contribution in [2.75, 3.05) is 0 Å². The Morgan fingerprint density at radius 1 is 1.38 bits per heavy atom. The number of aromatic nitrogens is 1. The number of nitrogens with zero attached hydrogens (tertiary/aromatic N) is 1. The van der Waals surface area contributed by atoms with Crippen molar-refractivity contribution in [3.63, 3.8) is 0 Å². The van der Waals surface area contributed by atoms with Crippen LogP contribution in [0.15, 0.2) is 18.3 Å². The molecule has 0 aliphatic heterocycles. The van der Waals surface area contributed by atoms with Gasteiger partial charge in [-0.15, -0.1) is 11.6 Å². The lowest BCUT2D eigenvalue weighted by atomic mass is 10.3. The Morgan fingerprint density at radius 2 is 2.00 bits per heavy atom. The lowest BCUT2D eigenvalue weighted by Gasteiger charge is -2.08. The fourth-order valence-corrected chi connectivity index (χ4v) is 1.27. The predicted octanol–water partition coefficient (Wildman–Crippen LogP) is 2.05. The minimum Gasteiger partial charge on any atom is -0.355 e. The van der Waals surface area contributed by atoms with Gasteiger partial charge < -0.3 is 4.18 Å². The standard InChI is InChI=1S/C7H5ClF3NO3S/c8-3-5-1-2-6(12-4-5)15-16(13,14)7(9,10)11/h1-2,4H,3H2. The van der Waals surface area contributed by atoms with E-state index in [1.54, 1.807) is 0 Å². The number of hydrogen-bond donors (Lipinski definition) is 0. The number of pyridine rings is 1. The fourth-order valence-electron chi connectivity index (χ4n) is 0.699. The van der Waals surface area contributed by atoms with Crippen LogP contribution in [0, 0.1) is 0 Å². The first kappa shape index (κ1) is 13.0. The van der Waals surface area contributed by atoms with E-state index in [-0.39, 0.29) is 5.88 Å². The van der Waals surface area contributed by atoms with Crippen molar-refractivity contribution in [1.29, 1.82) is 0 Å². The van der Waals surface area contributed by atoms with Gasteiger partial charge in [-0.3, -0.25) is 0 Å². The third-order valence-corrected chi connectivity index (χ3v) is 2.70. The second-order valence-corrected chi connectivity index (χ2v) is 4.43. The largest absolute Gasteiger partial charge is 0.534 e. The van der Waals surface area contributed by atoms with Gasteiger partial charge in [0.05, 0.1) is 0 Å². The molecule has 0 unspecified atom stereocenters. The SMILES string of the molecule is O=S(=O)(Oc1ccc(CCl)cn1)C(F)(F)F. The molecule has 1 aromatic heterocycles. The van der Waals surface area contributed by atoms with E-state index in [0.717, 1.165) is 12.3 Å². The third-order valence-electron chi connectivity index (χ3n) is 1.43. The van der Waals surface area contributed by atoms with E-state index >= 15 is 0 Å². The zero-order valence-electron chi connectivity index (χ0n) is 7.53. The van der Waals surface area contributed by atoms with E-state index in [1.807, 2.05) is 0 Å². The smallest absolute Gasteiger partial charge is 0.355 e. The van der Waals surface area contributed by atoms with E-state index in [9.17, 15) is 21.6 Å². The highest BCUT2D eigenvalue weighted by atomic mass is 35.5. The summed E-state index contributed by atoms with van der Waals surface area (Å²) in [7, 11) is -5.67. The summed E-state index contributed by atoms with van der Waals surface area (Å²) in [6.07, 6.45) is 1.12. The van der Waals surface area contributed by atoms with Gasteiger partial charge in [0.1, 0.15) is 0 Å². The molecule has 0 bridgehead atoms. The predicted molar refractivity (Wildman–Crippen MR) is 49.4 cm³/mol. The molecule has 0 atom stereocenters. The third kappa shape index (κ3) is 2.99. The van der Waals surface area contributed by atoms with E-state index in [2.05, 4.69) is 9.17 Å². The summed E-state index contributed by atoms with van der Waals surface area (Å²) < 4.78 is 60.6. The highest BCUT2D eigenvalue weighted by molar-refractivity contribution is 7.87. The molecule has 0 aliphatic carbocycles. The van der Waals surface area contributed by atoms with Crippen molar-refractivity contribution < 1.29 is 25.8 Å². The average Bonchev–Trinajstić information content (AvgIpc) is 2.16. The van der Waals surface area contributed by atoms with Crippen LogP contribution in [0.5, 0.6) is 5.88 Å². The van der Waals surface area contributed by atoms with Crippen molar-refractivity contribution >= 4 is 21.7 Å². The molecule has 4 nitrogen and oxygen atoms in total. The number of hydrogen-bond acceptors (Lipinski definition) is 4. The molecule has 0 radical (unpaired) electrons. The van der Waals surface area contributed by atoms with Crippen LogP contribution >= 0.6 is 11.6 Å². The minimum atomic E-state index is -5.67. The molecular weight excluding hydrogens is 271 g/mol.